The first kappa shape index (κ1) is 12.9. The minimum absolute atomic E-state index is 0.178. The van der Waals surface area contributed by atoms with Crippen molar-refractivity contribution in [2.45, 2.75) is 25.3 Å². The Bertz CT molecular complexity index is 400. The Hall–Kier alpha value is -1.17. The van der Waals surface area contributed by atoms with Crippen LogP contribution in [0.5, 0.6) is 0 Å². The first-order valence-electron chi connectivity index (χ1n) is 4.85. The average Bonchev–Trinajstić information content (AvgIpc) is 2.26. The topological polar surface area (TPSA) is 111 Å². The van der Waals surface area contributed by atoms with Crippen molar-refractivity contribution in [2.75, 3.05) is 13.1 Å². The Morgan fingerprint density at radius 3 is 2.81 bits per heavy atom. The molecule has 1 aliphatic heterocycles. The largest absolute Gasteiger partial charge is 0.480 e. The van der Waals surface area contributed by atoms with Crippen molar-refractivity contribution < 1.29 is 18.3 Å². The van der Waals surface area contributed by atoms with Gasteiger partial charge < -0.3 is 5.11 Å². The lowest BCUT2D eigenvalue weighted by Crippen LogP contribution is -2.52. The van der Waals surface area contributed by atoms with Crippen LogP contribution in [0.25, 0.3) is 0 Å². The summed E-state index contributed by atoms with van der Waals surface area (Å²) in [6.07, 6.45) is 1.64. The van der Waals surface area contributed by atoms with Crippen molar-refractivity contribution >= 4 is 16.2 Å². The monoisotopic (exact) mass is 247 g/mol. The van der Waals surface area contributed by atoms with E-state index in [9.17, 15) is 13.2 Å². The molecule has 8 heteroatoms. The number of carboxylic acids is 1. The summed E-state index contributed by atoms with van der Waals surface area (Å²) in [5, 5.41) is 17.2. The van der Waals surface area contributed by atoms with E-state index in [0.29, 0.717) is 19.3 Å². The summed E-state index contributed by atoms with van der Waals surface area (Å²) in [6, 6.07) is 0.619. The van der Waals surface area contributed by atoms with Crippen molar-refractivity contribution in [3.8, 4) is 6.07 Å². The number of piperidine rings is 1. The van der Waals surface area contributed by atoms with E-state index in [2.05, 4.69) is 0 Å². The molecule has 0 aromatic rings. The predicted molar refractivity (Wildman–Crippen MR) is 54.5 cm³/mol. The van der Waals surface area contributed by atoms with E-state index in [1.165, 1.54) is 0 Å². The fourth-order valence-electron chi connectivity index (χ4n) is 1.65. The Morgan fingerprint density at radius 1 is 1.56 bits per heavy atom. The summed E-state index contributed by atoms with van der Waals surface area (Å²) in [7, 11) is -3.86. The summed E-state index contributed by atoms with van der Waals surface area (Å²) in [4.78, 5) is 10.9. The lowest BCUT2D eigenvalue weighted by molar-refractivity contribution is -0.142. The zero-order valence-electron chi connectivity index (χ0n) is 8.59. The maximum atomic E-state index is 11.7. The van der Waals surface area contributed by atoms with Gasteiger partial charge in [0.25, 0.3) is 10.2 Å². The van der Waals surface area contributed by atoms with E-state index in [0.717, 1.165) is 4.31 Å². The first-order chi connectivity index (χ1) is 7.49. The van der Waals surface area contributed by atoms with Crippen LogP contribution < -0.4 is 4.72 Å². The highest BCUT2D eigenvalue weighted by molar-refractivity contribution is 7.87. The molecule has 0 radical (unpaired) electrons. The van der Waals surface area contributed by atoms with Crippen LogP contribution in [-0.4, -0.2) is 42.9 Å². The molecule has 1 unspecified atom stereocenters. The fourth-order valence-corrected chi connectivity index (χ4v) is 2.96. The molecule has 0 spiro atoms. The Balaban J connectivity index is 2.83. The summed E-state index contributed by atoms with van der Waals surface area (Å²) >= 11 is 0. The molecule has 0 aromatic carbocycles. The molecule has 0 aromatic heterocycles. The van der Waals surface area contributed by atoms with Gasteiger partial charge >= 0.3 is 5.97 Å². The lowest BCUT2D eigenvalue weighted by Gasteiger charge is -2.31. The van der Waals surface area contributed by atoms with Crippen molar-refractivity contribution in [3.05, 3.63) is 0 Å². The van der Waals surface area contributed by atoms with E-state index in [-0.39, 0.29) is 13.1 Å². The third-order valence-corrected chi connectivity index (χ3v) is 3.94. The molecule has 90 valence electrons. The van der Waals surface area contributed by atoms with Gasteiger partial charge in [-0.05, 0) is 19.3 Å². The zero-order chi connectivity index (χ0) is 12.2. The second-order valence-electron chi connectivity index (χ2n) is 3.44. The van der Waals surface area contributed by atoms with Crippen LogP contribution in [0.1, 0.15) is 19.3 Å². The average molecular weight is 247 g/mol. The maximum Gasteiger partial charge on any atom is 0.322 e. The molecular formula is C8H13N3O4S. The zero-order valence-corrected chi connectivity index (χ0v) is 9.40. The van der Waals surface area contributed by atoms with Gasteiger partial charge in [-0.25, -0.2) is 0 Å². The highest BCUT2D eigenvalue weighted by Crippen LogP contribution is 2.19. The number of nitriles is 1. The molecule has 0 amide bonds. The van der Waals surface area contributed by atoms with Crippen LogP contribution in [0, 0.1) is 11.3 Å². The first-order valence-corrected chi connectivity index (χ1v) is 6.29. The van der Waals surface area contributed by atoms with Crippen LogP contribution in [0.3, 0.4) is 0 Å². The Morgan fingerprint density at radius 2 is 2.25 bits per heavy atom. The van der Waals surface area contributed by atoms with Crippen LogP contribution in [0.2, 0.25) is 0 Å². The molecule has 0 saturated carbocycles. The number of carboxylic acid groups (broad SMARTS) is 1. The summed E-state index contributed by atoms with van der Waals surface area (Å²) in [5.41, 5.74) is 0. The SMILES string of the molecule is N#CCNS(=O)(=O)N1CCCCC1C(=O)O. The Kier molecular flexibility index (Phi) is 4.23. The van der Waals surface area contributed by atoms with Crippen LogP contribution in [0.15, 0.2) is 0 Å². The third kappa shape index (κ3) is 2.91. The second kappa shape index (κ2) is 5.25. The molecule has 1 rings (SSSR count). The van der Waals surface area contributed by atoms with E-state index >= 15 is 0 Å². The molecule has 1 fully saturated rings. The minimum atomic E-state index is -3.86. The van der Waals surface area contributed by atoms with Gasteiger partial charge in [0.05, 0.1) is 12.6 Å². The van der Waals surface area contributed by atoms with Gasteiger partial charge in [0.15, 0.2) is 0 Å². The van der Waals surface area contributed by atoms with Crippen molar-refractivity contribution in [3.63, 3.8) is 0 Å². The molecule has 2 N–H and O–H groups in total. The lowest BCUT2D eigenvalue weighted by atomic mass is 10.1. The van der Waals surface area contributed by atoms with Gasteiger partial charge in [-0.2, -0.15) is 22.7 Å². The van der Waals surface area contributed by atoms with Crippen LogP contribution >= 0.6 is 0 Å². The number of aliphatic carboxylic acids is 1. The van der Waals surface area contributed by atoms with Gasteiger partial charge in [-0.15, -0.1) is 0 Å². The number of rotatable bonds is 4. The maximum absolute atomic E-state index is 11.7. The molecule has 1 heterocycles. The molecule has 16 heavy (non-hydrogen) atoms. The highest BCUT2D eigenvalue weighted by atomic mass is 32.2. The third-order valence-electron chi connectivity index (χ3n) is 2.38. The van der Waals surface area contributed by atoms with Gasteiger partial charge in [-0.3, -0.25) is 4.79 Å². The van der Waals surface area contributed by atoms with Gasteiger partial charge in [0.1, 0.15) is 6.04 Å². The van der Waals surface area contributed by atoms with Crippen molar-refractivity contribution in [2.24, 2.45) is 0 Å². The van der Waals surface area contributed by atoms with Crippen LogP contribution in [0.4, 0.5) is 0 Å². The van der Waals surface area contributed by atoms with E-state index < -0.39 is 22.2 Å². The number of hydrogen-bond acceptors (Lipinski definition) is 4. The quantitative estimate of drug-likeness (QED) is 0.637. The van der Waals surface area contributed by atoms with Crippen LogP contribution in [-0.2, 0) is 15.0 Å². The highest BCUT2D eigenvalue weighted by Gasteiger charge is 2.36. The molecule has 0 bridgehead atoms. The Labute approximate surface area is 93.8 Å². The summed E-state index contributed by atoms with van der Waals surface area (Å²) < 4.78 is 26.3. The molecule has 7 nitrogen and oxygen atoms in total. The van der Waals surface area contributed by atoms with E-state index in [1.807, 2.05) is 4.72 Å². The standard InChI is InChI=1S/C8H13N3O4S/c9-4-5-10-16(14,15)11-6-2-1-3-7(11)8(12)13/h7,10H,1-3,5-6H2,(H,12,13). The molecule has 1 saturated heterocycles. The van der Waals surface area contributed by atoms with E-state index in [4.69, 9.17) is 10.4 Å². The molecule has 1 aliphatic rings. The molecular weight excluding hydrogens is 234 g/mol. The second-order valence-corrected chi connectivity index (χ2v) is 5.15. The fraction of sp³-hybridized carbons (Fsp3) is 0.750. The predicted octanol–water partition coefficient (Wildman–Crippen LogP) is -0.717. The number of nitrogens with zero attached hydrogens (tertiary/aromatic N) is 2. The summed E-state index contributed by atoms with van der Waals surface area (Å²) in [6.45, 7) is -0.178. The van der Waals surface area contributed by atoms with Gasteiger partial charge in [0, 0.05) is 6.54 Å². The van der Waals surface area contributed by atoms with Crippen molar-refractivity contribution in [1.82, 2.24) is 9.03 Å². The van der Waals surface area contributed by atoms with Gasteiger partial charge in [-0.1, -0.05) is 0 Å². The van der Waals surface area contributed by atoms with Crippen molar-refractivity contribution in [1.29, 1.82) is 5.26 Å². The number of nitrogens with one attached hydrogen (secondary N) is 1. The summed E-state index contributed by atoms with van der Waals surface area (Å²) in [5.74, 6) is -1.15. The smallest absolute Gasteiger partial charge is 0.322 e. The minimum Gasteiger partial charge on any atom is -0.480 e. The number of hydrogen-bond donors (Lipinski definition) is 2. The molecule has 0 aliphatic carbocycles. The van der Waals surface area contributed by atoms with E-state index in [1.54, 1.807) is 6.07 Å². The normalized spacial score (nSPS) is 22.6. The van der Waals surface area contributed by atoms with Gasteiger partial charge in [0.2, 0.25) is 0 Å². The molecule has 1 atom stereocenters. The number of carbonyl (C=O) groups is 1.